The molecule has 3 heteroatoms. The number of hydrogen-bond acceptors (Lipinski definition) is 1. The number of benzene rings is 2. The van der Waals surface area contributed by atoms with Crippen LogP contribution in [-0.4, -0.2) is 11.7 Å². The van der Waals surface area contributed by atoms with Crippen LogP contribution in [0.25, 0.3) is 0 Å². The molecule has 0 saturated carbocycles. The first-order chi connectivity index (χ1) is 10.2. The Morgan fingerprint density at radius 3 is 2.38 bits per heavy atom. The third-order valence-corrected chi connectivity index (χ3v) is 3.20. The van der Waals surface area contributed by atoms with Crippen molar-refractivity contribution in [2.45, 2.75) is 26.7 Å². The van der Waals surface area contributed by atoms with Crippen molar-refractivity contribution in [2.75, 3.05) is 5.32 Å². The van der Waals surface area contributed by atoms with Crippen LogP contribution < -0.4 is 5.32 Å². The summed E-state index contributed by atoms with van der Waals surface area (Å²) < 4.78 is 0. The van der Waals surface area contributed by atoms with E-state index < -0.39 is 0 Å². The number of rotatable bonds is 4. The smallest absolute Gasteiger partial charge is 0.153 e. The summed E-state index contributed by atoms with van der Waals surface area (Å²) in [5.74, 6) is 1.13. The molecule has 108 valence electrons. The summed E-state index contributed by atoms with van der Waals surface area (Å²) >= 11 is 0. The second-order valence-corrected chi connectivity index (χ2v) is 4.96. The Hall–Kier alpha value is -2.42. The third-order valence-electron chi connectivity index (χ3n) is 3.20. The molecule has 21 heavy (non-hydrogen) atoms. The molecule has 2 N–H and O–H groups in total. The summed E-state index contributed by atoms with van der Waals surface area (Å²) in [5.41, 5.74) is 3.05. The van der Waals surface area contributed by atoms with E-state index in [2.05, 4.69) is 30.2 Å². The minimum atomic E-state index is 0.292. The molecular formula is C18H21N3. The van der Waals surface area contributed by atoms with Gasteiger partial charge in [0.2, 0.25) is 0 Å². The molecule has 0 unspecified atom stereocenters. The highest BCUT2D eigenvalue weighted by Crippen LogP contribution is 2.14. The van der Waals surface area contributed by atoms with Gasteiger partial charge in [-0.05, 0) is 25.0 Å². The van der Waals surface area contributed by atoms with Crippen molar-refractivity contribution in [2.24, 2.45) is 4.99 Å². The van der Waals surface area contributed by atoms with Crippen molar-refractivity contribution >= 4 is 17.4 Å². The lowest BCUT2D eigenvalue weighted by Gasteiger charge is -2.12. The molecule has 3 nitrogen and oxygen atoms in total. The topological polar surface area (TPSA) is 48.2 Å². The van der Waals surface area contributed by atoms with Gasteiger partial charge in [-0.3, -0.25) is 5.41 Å². The fourth-order valence-electron chi connectivity index (χ4n) is 2.05. The van der Waals surface area contributed by atoms with E-state index in [4.69, 9.17) is 5.41 Å². The quantitative estimate of drug-likeness (QED) is 0.622. The van der Waals surface area contributed by atoms with Crippen LogP contribution in [0.5, 0.6) is 0 Å². The van der Waals surface area contributed by atoms with Gasteiger partial charge in [-0.15, -0.1) is 0 Å². The Bertz CT molecular complexity index is 630. The van der Waals surface area contributed by atoms with Crippen LogP contribution in [-0.2, 0) is 0 Å². The van der Waals surface area contributed by atoms with Gasteiger partial charge in [-0.2, -0.15) is 0 Å². The summed E-state index contributed by atoms with van der Waals surface area (Å²) in [6, 6.07) is 17.7. The largest absolute Gasteiger partial charge is 0.343 e. The molecule has 0 fully saturated rings. The lowest BCUT2D eigenvalue weighted by atomic mass is 10.2. The van der Waals surface area contributed by atoms with Crippen LogP contribution in [0.4, 0.5) is 5.69 Å². The van der Waals surface area contributed by atoms with Gasteiger partial charge in [-0.25, -0.2) is 4.99 Å². The van der Waals surface area contributed by atoms with Crippen LogP contribution in [0.2, 0.25) is 0 Å². The summed E-state index contributed by atoms with van der Waals surface area (Å²) in [6.07, 6.45) is 1.81. The number of anilines is 1. The second kappa shape index (κ2) is 7.39. The summed E-state index contributed by atoms with van der Waals surface area (Å²) in [6.45, 7) is 4.18. The number of para-hydroxylation sites is 1. The Balaban J connectivity index is 2.20. The summed E-state index contributed by atoms with van der Waals surface area (Å²) in [7, 11) is 0. The zero-order chi connectivity index (χ0) is 15.1. The first kappa shape index (κ1) is 15.0. The van der Waals surface area contributed by atoms with E-state index in [9.17, 15) is 0 Å². The molecule has 2 aromatic carbocycles. The van der Waals surface area contributed by atoms with Crippen molar-refractivity contribution in [3.8, 4) is 0 Å². The van der Waals surface area contributed by atoms with Crippen molar-refractivity contribution < 1.29 is 0 Å². The van der Waals surface area contributed by atoms with Crippen LogP contribution in [0.1, 0.15) is 30.9 Å². The van der Waals surface area contributed by atoms with E-state index in [0.717, 1.165) is 29.9 Å². The summed E-state index contributed by atoms with van der Waals surface area (Å²) in [4.78, 5) is 4.46. The predicted molar refractivity (Wildman–Crippen MR) is 90.4 cm³/mol. The van der Waals surface area contributed by atoms with Gasteiger partial charge < -0.3 is 5.32 Å². The van der Waals surface area contributed by atoms with E-state index >= 15 is 0 Å². The zero-order valence-corrected chi connectivity index (χ0v) is 12.6. The maximum Gasteiger partial charge on any atom is 0.153 e. The van der Waals surface area contributed by atoms with Crippen molar-refractivity contribution in [3.63, 3.8) is 0 Å². The fourth-order valence-corrected chi connectivity index (χ4v) is 2.05. The normalized spacial score (nSPS) is 11.2. The Morgan fingerprint density at radius 1 is 1.05 bits per heavy atom. The third kappa shape index (κ3) is 4.28. The molecule has 0 aliphatic heterocycles. The summed E-state index contributed by atoms with van der Waals surface area (Å²) in [5, 5.41) is 11.5. The number of aryl methyl sites for hydroxylation is 1. The standard InChI is InChI=1S/C18H21N3/c1-3-9-17(20-16-13-8-7-10-14(16)2)21-18(19)15-11-5-4-6-12-15/h4-8,10-13H,3,9H2,1-2H3,(H2,19,20,21). The van der Waals surface area contributed by atoms with E-state index in [1.807, 2.05) is 48.5 Å². The number of amidine groups is 2. The van der Waals surface area contributed by atoms with Gasteiger partial charge in [0.1, 0.15) is 5.84 Å². The molecule has 0 atom stereocenters. The molecule has 0 aliphatic carbocycles. The van der Waals surface area contributed by atoms with Gasteiger partial charge in [0.05, 0.1) is 0 Å². The molecule has 0 aromatic heterocycles. The molecule has 2 aromatic rings. The van der Waals surface area contributed by atoms with Crippen molar-refractivity contribution in [1.29, 1.82) is 5.41 Å². The minimum absolute atomic E-state index is 0.292. The molecule has 0 heterocycles. The minimum Gasteiger partial charge on any atom is -0.343 e. The van der Waals surface area contributed by atoms with E-state index in [0.29, 0.717) is 5.84 Å². The monoisotopic (exact) mass is 279 g/mol. The highest BCUT2D eigenvalue weighted by atomic mass is 15.0. The number of nitrogens with one attached hydrogen (secondary N) is 2. The zero-order valence-electron chi connectivity index (χ0n) is 12.6. The Labute approximate surface area is 126 Å². The number of aliphatic imine (C=N–C) groups is 1. The average molecular weight is 279 g/mol. The first-order valence-corrected chi connectivity index (χ1v) is 7.25. The maximum absolute atomic E-state index is 8.13. The maximum atomic E-state index is 8.13. The molecular weight excluding hydrogens is 258 g/mol. The van der Waals surface area contributed by atoms with Crippen molar-refractivity contribution in [1.82, 2.24) is 0 Å². The lowest BCUT2D eigenvalue weighted by Crippen LogP contribution is -2.15. The molecule has 0 radical (unpaired) electrons. The molecule has 0 saturated heterocycles. The van der Waals surface area contributed by atoms with Gasteiger partial charge in [0.15, 0.2) is 5.84 Å². The lowest BCUT2D eigenvalue weighted by molar-refractivity contribution is 0.990. The van der Waals surface area contributed by atoms with Crippen molar-refractivity contribution in [3.05, 3.63) is 65.7 Å². The first-order valence-electron chi connectivity index (χ1n) is 7.25. The molecule has 2 rings (SSSR count). The highest BCUT2D eigenvalue weighted by molar-refractivity contribution is 6.08. The number of nitrogens with zero attached hydrogens (tertiary/aromatic N) is 1. The van der Waals surface area contributed by atoms with Crippen LogP contribution in [0.15, 0.2) is 59.6 Å². The van der Waals surface area contributed by atoms with Crippen LogP contribution >= 0.6 is 0 Å². The van der Waals surface area contributed by atoms with Gasteiger partial charge >= 0.3 is 0 Å². The molecule has 0 bridgehead atoms. The molecule has 0 amide bonds. The van der Waals surface area contributed by atoms with E-state index in [1.165, 1.54) is 5.56 Å². The van der Waals surface area contributed by atoms with Crippen LogP contribution in [0, 0.1) is 12.3 Å². The van der Waals surface area contributed by atoms with E-state index in [1.54, 1.807) is 0 Å². The Kier molecular flexibility index (Phi) is 5.27. The predicted octanol–water partition coefficient (Wildman–Crippen LogP) is 4.63. The van der Waals surface area contributed by atoms with E-state index in [-0.39, 0.29) is 0 Å². The fraction of sp³-hybridized carbons (Fsp3) is 0.222. The van der Waals surface area contributed by atoms with Gasteiger partial charge in [0.25, 0.3) is 0 Å². The Morgan fingerprint density at radius 2 is 1.71 bits per heavy atom. The average Bonchev–Trinajstić information content (AvgIpc) is 2.50. The van der Waals surface area contributed by atoms with Crippen LogP contribution in [0.3, 0.4) is 0 Å². The second-order valence-electron chi connectivity index (χ2n) is 4.96. The highest BCUT2D eigenvalue weighted by Gasteiger charge is 2.05. The molecule has 0 spiro atoms. The number of hydrogen-bond donors (Lipinski definition) is 2. The van der Waals surface area contributed by atoms with Gasteiger partial charge in [-0.1, -0.05) is 55.5 Å². The van der Waals surface area contributed by atoms with Gasteiger partial charge in [0, 0.05) is 17.7 Å². The SMILES string of the molecule is CCC/C(=N/C(=N)c1ccccc1)Nc1ccccc1C. The molecule has 0 aliphatic rings.